The number of aromatic amines is 1. The third-order valence-corrected chi connectivity index (χ3v) is 3.86. The molecule has 2 N–H and O–H groups in total. The summed E-state index contributed by atoms with van der Waals surface area (Å²) in [6.45, 7) is 2.11. The van der Waals surface area contributed by atoms with E-state index in [1.165, 1.54) is 11.2 Å². The smallest absolute Gasteiger partial charge is 0.247 e. The molecule has 3 aromatic heterocycles. The molecule has 9 nitrogen and oxygen atoms in total. The lowest BCUT2D eigenvalue weighted by molar-refractivity contribution is -0.116. The van der Waals surface area contributed by atoms with Crippen molar-refractivity contribution >= 4 is 17.5 Å². The average molecular weight is 322 g/mol. The Balaban J connectivity index is 1.76. The Labute approximate surface area is 137 Å². The summed E-state index contributed by atoms with van der Waals surface area (Å²) in [4.78, 5) is 30.9. The molecule has 1 aliphatic heterocycles. The van der Waals surface area contributed by atoms with Gasteiger partial charge in [-0.2, -0.15) is 5.10 Å². The van der Waals surface area contributed by atoms with E-state index in [0.29, 0.717) is 28.8 Å². The molecule has 0 atom stereocenters. The van der Waals surface area contributed by atoms with Crippen LogP contribution in [0.15, 0.2) is 24.7 Å². The second kappa shape index (κ2) is 5.37. The Morgan fingerprint density at radius 2 is 2.04 bits per heavy atom. The number of anilines is 2. The molecule has 3 aromatic rings. The lowest BCUT2D eigenvalue weighted by Crippen LogP contribution is -2.38. The van der Waals surface area contributed by atoms with Crippen LogP contribution in [-0.2, 0) is 4.79 Å². The van der Waals surface area contributed by atoms with E-state index < -0.39 is 0 Å². The van der Waals surface area contributed by atoms with Crippen LogP contribution in [0.3, 0.4) is 0 Å². The van der Waals surface area contributed by atoms with Gasteiger partial charge in [0.05, 0.1) is 18.4 Å². The van der Waals surface area contributed by atoms with Crippen LogP contribution < -0.4 is 10.2 Å². The lowest BCUT2D eigenvalue weighted by atomic mass is 10.1. The van der Waals surface area contributed by atoms with Gasteiger partial charge in [-0.25, -0.2) is 19.9 Å². The van der Waals surface area contributed by atoms with Crippen LogP contribution in [0.25, 0.3) is 22.8 Å². The molecule has 0 fully saturated rings. The summed E-state index contributed by atoms with van der Waals surface area (Å²) >= 11 is 0. The van der Waals surface area contributed by atoms with Gasteiger partial charge in [-0.3, -0.25) is 14.8 Å². The van der Waals surface area contributed by atoms with E-state index in [4.69, 9.17) is 0 Å². The molecule has 0 aromatic carbocycles. The van der Waals surface area contributed by atoms with Crippen molar-refractivity contribution in [2.24, 2.45) is 0 Å². The number of pyridine rings is 1. The van der Waals surface area contributed by atoms with E-state index in [2.05, 4.69) is 35.5 Å². The largest absolute Gasteiger partial charge is 0.358 e. The number of fused-ring (bicyclic) bond motifs is 1. The predicted octanol–water partition coefficient (Wildman–Crippen LogP) is 1.02. The number of aromatic nitrogens is 6. The van der Waals surface area contributed by atoms with Crippen LogP contribution >= 0.6 is 0 Å². The van der Waals surface area contributed by atoms with Crippen molar-refractivity contribution in [2.75, 3.05) is 23.8 Å². The van der Waals surface area contributed by atoms with Crippen LogP contribution in [0.1, 0.15) is 5.69 Å². The summed E-state index contributed by atoms with van der Waals surface area (Å²) in [5.74, 6) is 1.60. The summed E-state index contributed by atoms with van der Waals surface area (Å²) in [5, 5.41) is 9.66. The number of carbonyl (C=O) groups is 1. The highest BCUT2D eigenvalue weighted by Crippen LogP contribution is 2.29. The zero-order valence-corrected chi connectivity index (χ0v) is 13.1. The first-order valence-electron chi connectivity index (χ1n) is 7.35. The van der Waals surface area contributed by atoms with Crippen LogP contribution in [0.2, 0.25) is 0 Å². The number of hydrogen-bond donors (Lipinski definition) is 2. The summed E-state index contributed by atoms with van der Waals surface area (Å²) in [6, 6.07) is 3.74. The van der Waals surface area contributed by atoms with Gasteiger partial charge in [-0.05, 0) is 19.1 Å². The molecule has 0 saturated heterocycles. The molecule has 0 aliphatic carbocycles. The van der Waals surface area contributed by atoms with Crippen molar-refractivity contribution in [1.82, 2.24) is 30.1 Å². The molecule has 4 heterocycles. The molecule has 0 bridgehead atoms. The van der Waals surface area contributed by atoms with E-state index in [0.717, 1.165) is 11.3 Å². The molecule has 1 amide bonds. The van der Waals surface area contributed by atoms with E-state index in [-0.39, 0.29) is 12.5 Å². The van der Waals surface area contributed by atoms with Gasteiger partial charge in [-0.15, -0.1) is 0 Å². The highest BCUT2D eigenvalue weighted by molar-refractivity contribution is 6.00. The fraction of sp³-hybridized carbons (Fsp3) is 0.200. The molecular formula is C15H14N8O. The number of aryl methyl sites for hydroxylation is 1. The summed E-state index contributed by atoms with van der Waals surface area (Å²) < 4.78 is 0. The van der Waals surface area contributed by atoms with Gasteiger partial charge >= 0.3 is 0 Å². The second-order valence-electron chi connectivity index (χ2n) is 5.39. The Morgan fingerprint density at radius 3 is 2.79 bits per heavy atom. The molecule has 0 radical (unpaired) electrons. The molecular weight excluding hydrogens is 308 g/mol. The number of amides is 1. The van der Waals surface area contributed by atoms with E-state index in [1.807, 2.05) is 19.1 Å². The Bertz CT molecular complexity index is 921. The van der Waals surface area contributed by atoms with Crippen molar-refractivity contribution in [3.8, 4) is 22.8 Å². The quantitative estimate of drug-likeness (QED) is 0.724. The third-order valence-electron chi connectivity index (χ3n) is 3.86. The SMILES string of the molecule is Cc1nc(-c2nc[nH]n2)ccc1-c1cnc2c(n1)N(C)C(=O)CN2. The molecule has 0 saturated carbocycles. The van der Waals surface area contributed by atoms with Gasteiger partial charge in [0.1, 0.15) is 12.0 Å². The van der Waals surface area contributed by atoms with Crippen LogP contribution in [0.4, 0.5) is 11.6 Å². The fourth-order valence-electron chi connectivity index (χ4n) is 2.55. The first-order chi connectivity index (χ1) is 11.6. The molecule has 1 aliphatic rings. The van der Waals surface area contributed by atoms with Gasteiger partial charge < -0.3 is 5.32 Å². The number of nitrogens with zero attached hydrogens (tertiary/aromatic N) is 6. The Hall–Kier alpha value is -3.36. The van der Waals surface area contributed by atoms with E-state index in [9.17, 15) is 4.79 Å². The molecule has 0 unspecified atom stereocenters. The molecule has 120 valence electrons. The maximum absolute atomic E-state index is 11.8. The lowest BCUT2D eigenvalue weighted by Gasteiger charge is -2.25. The number of carbonyl (C=O) groups excluding carboxylic acids is 1. The number of hydrogen-bond acceptors (Lipinski definition) is 7. The third kappa shape index (κ3) is 2.26. The van der Waals surface area contributed by atoms with Gasteiger partial charge in [-0.1, -0.05) is 0 Å². The van der Waals surface area contributed by atoms with Gasteiger partial charge in [0, 0.05) is 18.3 Å². The van der Waals surface area contributed by atoms with Gasteiger partial charge in [0.25, 0.3) is 0 Å². The minimum atomic E-state index is -0.0521. The first kappa shape index (κ1) is 14.2. The molecule has 0 spiro atoms. The number of nitrogens with one attached hydrogen (secondary N) is 2. The maximum Gasteiger partial charge on any atom is 0.247 e. The van der Waals surface area contributed by atoms with Crippen molar-refractivity contribution < 1.29 is 4.79 Å². The highest BCUT2D eigenvalue weighted by atomic mass is 16.2. The van der Waals surface area contributed by atoms with E-state index >= 15 is 0 Å². The Kier molecular flexibility index (Phi) is 3.19. The minimum Gasteiger partial charge on any atom is -0.358 e. The average Bonchev–Trinajstić information content (AvgIpc) is 3.13. The topological polar surface area (TPSA) is 113 Å². The highest BCUT2D eigenvalue weighted by Gasteiger charge is 2.24. The summed E-state index contributed by atoms with van der Waals surface area (Å²) in [7, 11) is 1.69. The minimum absolute atomic E-state index is 0.0521. The number of H-pyrrole nitrogens is 1. The molecule has 9 heteroatoms. The van der Waals surface area contributed by atoms with Gasteiger partial charge in [0.2, 0.25) is 5.91 Å². The van der Waals surface area contributed by atoms with Crippen molar-refractivity contribution in [3.63, 3.8) is 0 Å². The normalized spacial score (nSPS) is 13.6. The summed E-state index contributed by atoms with van der Waals surface area (Å²) in [5.41, 5.74) is 2.96. The fourth-order valence-corrected chi connectivity index (χ4v) is 2.55. The van der Waals surface area contributed by atoms with Crippen molar-refractivity contribution in [3.05, 3.63) is 30.4 Å². The molecule has 4 rings (SSSR count). The molecule has 24 heavy (non-hydrogen) atoms. The van der Waals surface area contributed by atoms with Crippen molar-refractivity contribution in [2.45, 2.75) is 6.92 Å². The van der Waals surface area contributed by atoms with E-state index in [1.54, 1.807) is 13.2 Å². The van der Waals surface area contributed by atoms with Gasteiger partial charge in [0.15, 0.2) is 17.5 Å². The summed E-state index contributed by atoms with van der Waals surface area (Å²) in [6.07, 6.45) is 3.18. The number of rotatable bonds is 2. The van der Waals surface area contributed by atoms with Crippen LogP contribution in [0.5, 0.6) is 0 Å². The van der Waals surface area contributed by atoms with Crippen molar-refractivity contribution in [1.29, 1.82) is 0 Å². The van der Waals surface area contributed by atoms with Crippen LogP contribution in [-0.4, -0.2) is 49.6 Å². The standard InChI is InChI=1S/C15H14N8O/c1-8-9(3-4-10(20-8)13-18-7-19-22-13)11-5-16-14-15(21-11)23(2)12(24)6-17-14/h3-5,7H,6H2,1-2H3,(H,16,17)(H,18,19,22). The first-order valence-corrected chi connectivity index (χ1v) is 7.35. The monoisotopic (exact) mass is 322 g/mol. The zero-order chi connectivity index (χ0) is 16.7. The second-order valence-corrected chi connectivity index (χ2v) is 5.39. The maximum atomic E-state index is 11.8. The Morgan fingerprint density at radius 1 is 1.17 bits per heavy atom. The van der Waals surface area contributed by atoms with Crippen LogP contribution in [0, 0.1) is 6.92 Å². The number of likely N-dealkylation sites (N-methyl/N-ethyl adjacent to an activating group) is 1. The zero-order valence-electron chi connectivity index (χ0n) is 13.1. The predicted molar refractivity (Wildman–Crippen MR) is 87.3 cm³/mol.